The van der Waals surface area contributed by atoms with E-state index in [0.717, 1.165) is 0 Å². The van der Waals surface area contributed by atoms with Crippen molar-refractivity contribution in [3.63, 3.8) is 0 Å². The van der Waals surface area contributed by atoms with Gasteiger partial charge in [0.05, 0.1) is 19.6 Å². The topological polar surface area (TPSA) is 49.4 Å². The third-order valence-electron chi connectivity index (χ3n) is 2.53. The summed E-state index contributed by atoms with van der Waals surface area (Å²) in [5.74, 6) is -0.975. The van der Waals surface area contributed by atoms with Gasteiger partial charge in [-0.1, -0.05) is 17.7 Å². The second kappa shape index (κ2) is 4.71. The van der Waals surface area contributed by atoms with E-state index in [2.05, 4.69) is 5.32 Å². The van der Waals surface area contributed by atoms with Gasteiger partial charge >= 0.3 is 0 Å². The molecule has 0 bridgehead atoms. The number of benzene rings is 1. The number of hydrogen-bond donors (Lipinski definition) is 1. The molecule has 1 N–H and O–H groups in total. The third-order valence-corrected chi connectivity index (χ3v) is 2.89. The molecule has 1 fully saturated rings. The Labute approximate surface area is 102 Å². The molecule has 0 saturated carbocycles. The number of rotatable bonds is 2. The van der Waals surface area contributed by atoms with Gasteiger partial charge in [-0.05, 0) is 12.1 Å². The van der Waals surface area contributed by atoms with E-state index in [-0.39, 0.29) is 42.0 Å². The van der Waals surface area contributed by atoms with Gasteiger partial charge in [0.1, 0.15) is 5.82 Å². The Kier molecular flexibility index (Phi) is 3.28. The highest BCUT2D eigenvalue weighted by atomic mass is 35.5. The van der Waals surface area contributed by atoms with Crippen molar-refractivity contribution in [1.29, 1.82) is 0 Å². The summed E-state index contributed by atoms with van der Waals surface area (Å²) in [7, 11) is 0. The fraction of sp³-hybridized carbons (Fsp3) is 0.273. The maximum absolute atomic E-state index is 13.5. The van der Waals surface area contributed by atoms with E-state index in [1.165, 1.54) is 17.0 Å². The molecule has 0 spiro atoms. The van der Waals surface area contributed by atoms with Crippen LogP contribution in [0.15, 0.2) is 18.2 Å². The SMILES string of the molecule is O=C1CN(Cc2c(F)cccc2Cl)C(=O)CN1. The summed E-state index contributed by atoms with van der Waals surface area (Å²) in [6.07, 6.45) is 0. The van der Waals surface area contributed by atoms with E-state index in [9.17, 15) is 14.0 Å². The minimum Gasteiger partial charge on any atom is -0.345 e. The largest absolute Gasteiger partial charge is 0.345 e. The van der Waals surface area contributed by atoms with Crippen molar-refractivity contribution in [2.75, 3.05) is 13.1 Å². The number of halogens is 2. The van der Waals surface area contributed by atoms with E-state index in [1.807, 2.05) is 0 Å². The highest BCUT2D eigenvalue weighted by Gasteiger charge is 2.24. The molecule has 6 heteroatoms. The second-order valence-electron chi connectivity index (χ2n) is 3.73. The summed E-state index contributed by atoms with van der Waals surface area (Å²) in [6.45, 7) is -0.105. The summed E-state index contributed by atoms with van der Waals surface area (Å²) in [5, 5.41) is 2.67. The smallest absolute Gasteiger partial charge is 0.242 e. The minimum atomic E-state index is -0.476. The van der Waals surface area contributed by atoms with Crippen LogP contribution in [0.25, 0.3) is 0 Å². The van der Waals surface area contributed by atoms with E-state index >= 15 is 0 Å². The molecule has 0 unspecified atom stereocenters. The van der Waals surface area contributed by atoms with Crippen molar-refractivity contribution < 1.29 is 14.0 Å². The van der Waals surface area contributed by atoms with Crippen LogP contribution in [0.2, 0.25) is 5.02 Å². The molecule has 90 valence electrons. The summed E-state index contributed by atoms with van der Waals surface area (Å²) in [6, 6.07) is 4.32. The van der Waals surface area contributed by atoms with Crippen molar-refractivity contribution in [2.45, 2.75) is 6.54 Å². The van der Waals surface area contributed by atoms with Gasteiger partial charge in [-0.25, -0.2) is 4.39 Å². The van der Waals surface area contributed by atoms with Crippen LogP contribution in [0.1, 0.15) is 5.56 Å². The molecular formula is C11H10ClFN2O2. The second-order valence-corrected chi connectivity index (χ2v) is 4.13. The zero-order valence-electron chi connectivity index (χ0n) is 8.87. The van der Waals surface area contributed by atoms with Crippen molar-refractivity contribution in [3.8, 4) is 0 Å². The van der Waals surface area contributed by atoms with Gasteiger partial charge in [0.2, 0.25) is 11.8 Å². The number of carbonyl (C=O) groups excluding carboxylic acids is 2. The Morgan fingerprint density at radius 2 is 2.18 bits per heavy atom. The number of piperazine rings is 1. The monoisotopic (exact) mass is 256 g/mol. The standard InChI is InChI=1S/C11H10ClFN2O2/c12-8-2-1-3-9(13)7(8)5-15-6-10(16)14-4-11(15)17/h1-3H,4-6H2,(H,14,16). The molecule has 4 nitrogen and oxygen atoms in total. The highest BCUT2D eigenvalue weighted by molar-refractivity contribution is 6.31. The van der Waals surface area contributed by atoms with Crippen LogP contribution in [0.5, 0.6) is 0 Å². The average Bonchev–Trinajstić information content (AvgIpc) is 2.28. The zero-order valence-corrected chi connectivity index (χ0v) is 9.63. The predicted octanol–water partition coefficient (Wildman–Crippen LogP) is 0.938. The normalized spacial score (nSPS) is 16.0. The molecule has 1 aromatic rings. The fourth-order valence-corrected chi connectivity index (χ4v) is 1.84. The molecule has 1 aliphatic heterocycles. The van der Waals surface area contributed by atoms with Crippen molar-refractivity contribution in [2.24, 2.45) is 0 Å². The first kappa shape index (κ1) is 11.9. The van der Waals surface area contributed by atoms with Crippen LogP contribution >= 0.6 is 11.6 Å². The molecule has 0 atom stereocenters. The molecule has 2 amide bonds. The Morgan fingerprint density at radius 3 is 2.88 bits per heavy atom. The zero-order chi connectivity index (χ0) is 12.4. The van der Waals surface area contributed by atoms with E-state index < -0.39 is 5.82 Å². The highest BCUT2D eigenvalue weighted by Crippen LogP contribution is 2.21. The van der Waals surface area contributed by atoms with Crippen LogP contribution in [-0.2, 0) is 16.1 Å². The Balaban J connectivity index is 2.20. The van der Waals surface area contributed by atoms with Gasteiger partial charge < -0.3 is 10.2 Å². The lowest BCUT2D eigenvalue weighted by Crippen LogP contribution is -2.51. The van der Waals surface area contributed by atoms with Crippen molar-refractivity contribution >= 4 is 23.4 Å². The average molecular weight is 257 g/mol. The molecule has 2 rings (SSSR count). The van der Waals surface area contributed by atoms with E-state index in [4.69, 9.17) is 11.6 Å². The molecule has 17 heavy (non-hydrogen) atoms. The first-order chi connectivity index (χ1) is 8.08. The maximum Gasteiger partial charge on any atom is 0.242 e. The van der Waals surface area contributed by atoms with Crippen LogP contribution in [0.4, 0.5) is 4.39 Å². The first-order valence-corrected chi connectivity index (χ1v) is 5.43. The molecule has 1 saturated heterocycles. The Hall–Kier alpha value is -1.62. The molecule has 1 aliphatic rings. The molecular weight excluding hydrogens is 247 g/mol. The Bertz CT molecular complexity index is 458. The van der Waals surface area contributed by atoms with Gasteiger partial charge in [0.25, 0.3) is 0 Å². The van der Waals surface area contributed by atoms with Crippen LogP contribution in [0.3, 0.4) is 0 Å². The van der Waals surface area contributed by atoms with Crippen LogP contribution in [0, 0.1) is 5.82 Å². The summed E-state index contributed by atoms with van der Waals surface area (Å²) >= 11 is 5.85. The van der Waals surface area contributed by atoms with Gasteiger partial charge in [-0.3, -0.25) is 9.59 Å². The molecule has 0 radical (unpaired) electrons. The number of amides is 2. The molecule has 0 aromatic heterocycles. The number of hydrogen-bond acceptors (Lipinski definition) is 2. The number of carbonyl (C=O) groups is 2. The minimum absolute atomic E-state index is 0.0117. The molecule has 1 heterocycles. The number of nitrogens with zero attached hydrogens (tertiary/aromatic N) is 1. The maximum atomic E-state index is 13.5. The Morgan fingerprint density at radius 1 is 1.41 bits per heavy atom. The lowest BCUT2D eigenvalue weighted by atomic mass is 10.2. The fourth-order valence-electron chi connectivity index (χ4n) is 1.62. The number of nitrogens with one attached hydrogen (secondary N) is 1. The summed E-state index contributed by atoms with van der Waals surface area (Å²) in [5.41, 5.74) is 0.234. The van der Waals surface area contributed by atoms with Crippen LogP contribution < -0.4 is 5.32 Å². The van der Waals surface area contributed by atoms with Crippen molar-refractivity contribution in [3.05, 3.63) is 34.6 Å². The van der Waals surface area contributed by atoms with E-state index in [1.54, 1.807) is 6.07 Å². The molecule has 0 aliphatic carbocycles. The first-order valence-electron chi connectivity index (χ1n) is 5.05. The summed E-state index contributed by atoms with van der Waals surface area (Å²) < 4.78 is 13.5. The van der Waals surface area contributed by atoms with Gasteiger partial charge in [-0.15, -0.1) is 0 Å². The lowest BCUT2D eigenvalue weighted by Gasteiger charge is -2.27. The van der Waals surface area contributed by atoms with Crippen molar-refractivity contribution in [1.82, 2.24) is 10.2 Å². The van der Waals surface area contributed by atoms with Gasteiger partial charge in [0.15, 0.2) is 0 Å². The van der Waals surface area contributed by atoms with E-state index in [0.29, 0.717) is 0 Å². The predicted molar refractivity (Wildman–Crippen MR) is 59.8 cm³/mol. The van der Waals surface area contributed by atoms with Crippen LogP contribution in [-0.4, -0.2) is 29.8 Å². The quantitative estimate of drug-likeness (QED) is 0.856. The van der Waals surface area contributed by atoms with Gasteiger partial charge in [0, 0.05) is 10.6 Å². The molecule has 1 aromatic carbocycles. The van der Waals surface area contributed by atoms with Gasteiger partial charge in [-0.2, -0.15) is 0 Å². The summed E-state index contributed by atoms with van der Waals surface area (Å²) in [4.78, 5) is 23.9. The lowest BCUT2D eigenvalue weighted by molar-refractivity contribution is -0.141. The third kappa shape index (κ3) is 2.55.